The Morgan fingerprint density at radius 3 is 2.48 bits per heavy atom. The van der Waals surface area contributed by atoms with Crippen LogP contribution >= 0.6 is 11.6 Å². The Bertz CT molecular complexity index is 644. The van der Waals surface area contributed by atoms with Crippen LogP contribution in [-0.4, -0.2) is 4.92 Å². The summed E-state index contributed by atoms with van der Waals surface area (Å²) in [5.41, 5.74) is 6.90. The number of nitro benzene ring substituents is 1. The predicted molar refractivity (Wildman–Crippen MR) is 81.8 cm³/mol. The average Bonchev–Trinajstić information content (AvgIpc) is 2.49. The highest BCUT2D eigenvalue weighted by Gasteiger charge is 2.11. The van der Waals surface area contributed by atoms with Crippen molar-refractivity contribution in [2.75, 3.05) is 0 Å². The molecule has 0 heterocycles. The molecule has 0 unspecified atom stereocenters. The number of ether oxygens (including phenoxy) is 1. The fraction of sp³-hybridized carbons (Fsp3) is 0.200. The van der Waals surface area contributed by atoms with Gasteiger partial charge in [-0.05, 0) is 30.2 Å². The molecule has 0 fully saturated rings. The molecule has 2 aromatic carbocycles. The molecule has 110 valence electrons. The third kappa shape index (κ3) is 3.71. The molecule has 0 spiro atoms. The Labute approximate surface area is 127 Å². The van der Waals surface area contributed by atoms with Crippen molar-refractivity contribution in [3.8, 4) is 11.5 Å². The monoisotopic (exact) mass is 306 g/mol. The van der Waals surface area contributed by atoms with Gasteiger partial charge >= 0.3 is 0 Å². The molecular formula is C15H15ClN2O3. The minimum Gasteiger partial charge on any atom is -0.456 e. The second-order valence-corrected chi connectivity index (χ2v) is 4.96. The summed E-state index contributed by atoms with van der Waals surface area (Å²) in [7, 11) is 0. The van der Waals surface area contributed by atoms with E-state index in [9.17, 15) is 10.1 Å². The molecule has 0 saturated carbocycles. The van der Waals surface area contributed by atoms with E-state index in [4.69, 9.17) is 22.1 Å². The number of rotatable bonds is 5. The third-order valence-electron chi connectivity index (χ3n) is 3.10. The number of nitrogens with zero attached hydrogens (tertiary/aromatic N) is 1. The number of non-ortho nitro benzene ring substituents is 1. The van der Waals surface area contributed by atoms with Crippen molar-refractivity contribution in [2.24, 2.45) is 5.73 Å². The van der Waals surface area contributed by atoms with Crippen LogP contribution in [-0.2, 0) is 0 Å². The lowest BCUT2D eigenvalue weighted by Crippen LogP contribution is -2.08. The van der Waals surface area contributed by atoms with E-state index in [1.807, 2.05) is 19.1 Å². The number of benzene rings is 2. The van der Waals surface area contributed by atoms with Crippen LogP contribution in [0.3, 0.4) is 0 Å². The largest absolute Gasteiger partial charge is 0.456 e. The van der Waals surface area contributed by atoms with Crippen LogP contribution in [0.5, 0.6) is 11.5 Å². The highest BCUT2D eigenvalue weighted by molar-refractivity contribution is 6.32. The molecule has 0 aliphatic rings. The zero-order valence-corrected chi connectivity index (χ0v) is 12.2. The van der Waals surface area contributed by atoms with Crippen molar-refractivity contribution >= 4 is 17.3 Å². The van der Waals surface area contributed by atoms with Crippen LogP contribution in [0, 0.1) is 10.1 Å². The summed E-state index contributed by atoms with van der Waals surface area (Å²) in [6, 6.07) is 11.5. The van der Waals surface area contributed by atoms with Crippen LogP contribution in [0.1, 0.15) is 24.9 Å². The van der Waals surface area contributed by atoms with Gasteiger partial charge in [0.2, 0.25) is 0 Å². The molecule has 0 amide bonds. The van der Waals surface area contributed by atoms with E-state index in [1.54, 1.807) is 12.1 Å². The smallest absolute Gasteiger partial charge is 0.271 e. The van der Waals surface area contributed by atoms with Crippen molar-refractivity contribution in [3.63, 3.8) is 0 Å². The zero-order valence-electron chi connectivity index (χ0n) is 11.5. The van der Waals surface area contributed by atoms with E-state index in [0.717, 1.165) is 12.0 Å². The minimum atomic E-state index is -0.503. The summed E-state index contributed by atoms with van der Waals surface area (Å²) in [5.74, 6) is 0.965. The van der Waals surface area contributed by atoms with Gasteiger partial charge in [0.15, 0.2) is 0 Å². The first-order valence-electron chi connectivity index (χ1n) is 6.48. The maximum absolute atomic E-state index is 10.6. The fourth-order valence-electron chi connectivity index (χ4n) is 1.83. The number of nitrogens with two attached hydrogens (primary N) is 1. The van der Waals surface area contributed by atoms with E-state index in [1.165, 1.54) is 18.2 Å². The molecule has 2 N–H and O–H groups in total. The third-order valence-corrected chi connectivity index (χ3v) is 3.40. The standard InChI is InChI=1S/C15H15ClN2O3/c1-2-14(17)10-3-6-12(7-4-10)21-15-8-5-11(18(19)20)9-13(15)16/h3-9,14H,2,17H2,1H3/t14-/m0/s1. The Hall–Kier alpha value is -2.11. The molecule has 2 rings (SSSR count). The van der Waals surface area contributed by atoms with Crippen molar-refractivity contribution in [3.05, 3.63) is 63.2 Å². The zero-order chi connectivity index (χ0) is 15.4. The second kappa shape index (κ2) is 6.56. The number of hydrogen-bond donors (Lipinski definition) is 1. The van der Waals surface area contributed by atoms with Gasteiger partial charge in [-0.15, -0.1) is 0 Å². The van der Waals surface area contributed by atoms with Crippen LogP contribution in [0.2, 0.25) is 5.02 Å². The highest BCUT2D eigenvalue weighted by atomic mass is 35.5. The van der Waals surface area contributed by atoms with Gasteiger partial charge in [-0.25, -0.2) is 0 Å². The van der Waals surface area contributed by atoms with E-state index in [2.05, 4.69) is 0 Å². The summed E-state index contributed by atoms with van der Waals surface area (Å²) < 4.78 is 5.62. The summed E-state index contributed by atoms with van der Waals surface area (Å²) >= 11 is 5.98. The number of hydrogen-bond acceptors (Lipinski definition) is 4. The van der Waals surface area contributed by atoms with E-state index < -0.39 is 4.92 Å². The lowest BCUT2D eigenvalue weighted by Gasteiger charge is -2.11. The Morgan fingerprint density at radius 2 is 1.95 bits per heavy atom. The van der Waals surface area contributed by atoms with Gasteiger partial charge in [0.05, 0.1) is 9.95 Å². The van der Waals surface area contributed by atoms with E-state index in [0.29, 0.717) is 11.5 Å². The number of nitro groups is 1. The normalized spacial score (nSPS) is 12.0. The van der Waals surface area contributed by atoms with Gasteiger partial charge in [-0.1, -0.05) is 30.7 Å². The van der Waals surface area contributed by atoms with Gasteiger partial charge in [-0.3, -0.25) is 10.1 Å². The second-order valence-electron chi connectivity index (χ2n) is 4.56. The first-order valence-corrected chi connectivity index (χ1v) is 6.86. The summed E-state index contributed by atoms with van der Waals surface area (Å²) in [6.45, 7) is 2.02. The molecule has 1 atom stereocenters. The molecule has 0 aliphatic carbocycles. The molecule has 6 heteroatoms. The Kier molecular flexibility index (Phi) is 4.77. The summed E-state index contributed by atoms with van der Waals surface area (Å²) in [6.07, 6.45) is 0.856. The van der Waals surface area contributed by atoms with Crippen LogP contribution in [0.4, 0.5) is 5.69 Å². The minimum absolute atomic E-state index is 0.00186. The highest BCUT2D eigenvalue weighted by Crippen LogP contribution is 2.32. The summed E-state index contributed by atoms with van der Waals surface area (Å²) in [4.78, 5) is 10.1. The first kappa shape index (κ1) is 15.3. The first-order chi connectivity index (χ1) is 10.0. The molecule has 0 bridgehead atoms. The molecule has 0 aromatic heterocycles. The van der Waals surface area contributed by atoms with Gasteiger partial charge in [0, 0.05) is 18.2 Å². The maximum atomic E-state index is 10.6. The van der Waals surface area contributed by atoms with Gasteiger partial charge < -0.3 is 10.5 Å². The van der Waals surface area contributed by atoms with Crippen molar-refractivity contribution in [1.29, 1.82) is 0 Å². The molecule has 0 radical (unpaired) electrons. The SMILES string of the molecule is CC[C@H](N)c1ccc(Oc2ccc([N+](=O)[O-])cc2Cl)cc1. The molecule has 21 heavy (non-hydrogen) atoms. The lowest BCUT2D eigenvalue weighted by molar-refractivity contribution is -0.384. The quantitative estimate of drug-likeness (QED) is 0.654. The summed E-state index contributed by atoms with van der Waals surface area (Å²) in [5, 5.41) is 10.8. The average molecular weight is 307 g/mol. The predicted octanol–water partition coefficient (Wildman–Crippen LogP) is 4.45. The Balaban J connectivity index is 2.16. The van der Waals surface area contributed by atoms with Crippen LogP contribution < -0.4 is 10.5 Å². The van der Waals surface area contributed by atoms with Crippen molar-refractivity contribution < 1.29 is 9.66 Å². The van der Waals surface area contributed by atoms with Crippen molar-refractivity contribution in [1.82, 2.24) is 0 Å². The van der Waals surface area contributed by atoms with Crippen molar-refractivity contribution in [2.45, 2.75) is 19.4 Å². The van der Waals surface area contributed by atoms with Crippen LogP contribution in [0.25, 0.3) is 0 Å². The molecule has 2 aromatic rings. The number of halogens is 1. The fourth-order valence-corrected chi connectivity index (χ4v) is 2.05. The maximum Gasteiger partial charge on any atom is 0.271 e. The van der Waals surface area contributed by atoms with Gasteiger partial charge in [0.1, 0.15) is 11.5 Å². The van der Waals surface area contributed by atoms with E-state index in [-0.39, 0.29) is 16.8 Å². The molecule has 5 nitrogen and oxygen atoms in total. The van der Waals surface area contributed by atoms with Gasteiger partial charge in [0.25, 0.3) is 5.69 Å². The molecule has 0 saturated heterocycles. The Morgan fingerprint density at radius 1 is 1.29 bits per heavy atom. The van der Waals surface area contributed by atoms with Crippen LogP contribution in [0.15, 0.2) is 42.5 Å². The molecular weight excluding hydrogens is 292 g/mol. The lowest BCUT2D eigenvalue weighted by atomic mass is 10.1. The topological polar surface area (TPSA) is 78.4 Å². The van der Waals surface area contributed by atoms with E-state index >= 15 is 0 Å². The van der Waals surface area contributed by atoms with Gasteiger partial charge in [-0.2, -0.15) is 0 Å². The molecule has 0 aliphatic heterocycles.